The minimum Gasteiger partial charge on any atom is -0.493 e. The summed E-state index contributed by atoms with van der Waals surface area (Å²) < 4.78 is 15.6. The van der Waals surface area contributed by atoms with Gasteiger partial charge in [-0.15, -0.1) is 0 Å². The van der Waals surface area contributed by atoms with Crippen LogP contribution in [-0.4, -0.2) is 20.1 Å². The molecule has 0 unspecified atom stereocenters. The number of hydrogen-bond donors (Lipinski definition) is 1. The highest BCUT2D eigenvalue weighted by molar-refractivity contribution is 5.92. The van der Waals surface area contributed by atoms with E-state index in [4.69, 9.17) is 13.9 Å². The summed E-state index contributed by atoms with van der Waals surface area (Å²) in [6.45, 7) is 0.353. The number of benzene rings is 1. The zero-order chi connectivity index (χ0) is 15.1. The predicted molar refractivity (Wildman–Crippen MR) is 79.1 cm³/mol. The first kappa shape index (κ1) is 14.7. The van der Waals surface area contributed by atoms with Gasteiger partial charge in [-0.2, -0.15) is 0 Å². The summed E-state index contributed by atoms with van der Waals surface area (Å²) in [4.78, 5) is 11.8. The Morgan fingerprint density at radius 3 is 2.76 bits per heavy atom. The van der Waals surface area contributed by atoms with Crippen molar-refractivity contribution in [2.45, 2.75) is 6.54 Å². The second-order valence-electron chi connectivity index (χ2n) is 4.21. The lowest BCUT2D eigenvalue weighted by atomic mass is 10.1. The van der Waals surface area contributed by atoms with Gasteiger partial charge in [0.15, 0.2) is 11.5 Å². The van der Waals surface area contributed by atoms with E-state index in [1.54, 1.807) is 44.8 Å². The van der Waals surface area contributed by atoms with E-state index in [9.17, 15) is 4.79 Å². The van der Waals surface area contributed by atoms with Crippen LogP contribution in [-0.2, 0) is 11.3 Å². The molecule has 0 saturated heterocycles. The molecule has 21 heavy (non-hydrogen) atoms. The third-order valence-corrected chi connectivity index (χ3v) is 2.86. The lowest BCUT2D eigenvalue weighted by Gasteiger charge is -2.09. The molecule has 1 N–H and O–H groups in total. The minimum atomic E-state index is -0.212. The van der Waals surface area contributed by atoms with E-state index in [-0.39, 0.29) is 5.91 Å². The first-order valence-corrected chi connectivity index (χ1v) is 6.44. The van der Waals surface area contributed by atoms with Crippen LogP contribution in [0.25, 0.3) is 6.08 Å². The number of hydrogen-bond acceptors (Lipinski definition) is 4. The van der Waals surface area contributed by atoms with Crippen molar-refractivity contribution in [2.24, 2.45) is 0 Å². The molecule has 0 aliphatic rings. The fraction of sp³-hybridized carbons (Fsp3) is 0.188. The summed E-state index contributed by atoms with van der Waals surface area (Å²) >= 11 is 0. The van der Waals surface area contributed by atoms with Crippen LogP contribution in [0.5, 0.6) is 11.5 Å². The molecule has 0 atom stereocenters. The van der Waals surface area contributed by atoms with Crippen LogP contribution < -0.4 is 14.8 Å². The van der Waals surface area contributed by atoms with Crippen molar-refractivity contribution >= 4 is 12.0 Å². The number of amides is 1. The molecule has 110 valence electrons. The summed E-state index contributed by atoms with van der Waals surface area (Å²) in [6, 6.07) is 9.06. The molecule has 2 aromatic rings. The largest absolute Gasteiger partial charge is 0.493 e. The highest BCUT2D eigenvalue weighted by Gasteiger charge is 2.07. The van der Waals surface area contributed by atoms with Crippen molar-refractivity contribution in [3.05, 3.63) is 54.0 Å². The first-order chi connectivity index (χ1) is 10.2. The van der Waals surface area contributed by atoms with Gasteiger partial charge in [0.1, 0.15) is 5.76 Å². The van der Waals surface area contributed by atoms with Crippen molar-refractivity contribution in [1.82, 2.24) is 5.32 Å². The van der Waals surface area contributed by atoms with Crippen molar-refractivity contribution in [2.75, 3.05) is 14.2 Å². The van der Waals surface area contributed by atoms with Crippen LogP contribution in [0.4, 0.5) is 0 Å². The van der Waals surface area contributed by atoms with Crippen molar-refractivity contribution < 1.29 is 18.7 Å². The van der Waals surface area contributed by atoms with Gasteiger partial charge in [0.25, 0.3) is 0 Å². The van der Waals surface area contributed by atoms with Gasteiger partial charge < -0.3 is 19.2 Å². The number of methoxy groups -OCH3 is 2. The van der Waals surface area contributed by atoms with E-state index in [1.807, 2.05) is 12.1 Å². The molecule has 2 rings (SSSR count). The molecule has 1 amide bonds. The number of carbonyl (C=O) groups excluding carboxylic acids is 1. The molecule has 5 nitrogen and oxygen atoms in total. The second kappa shape index (κ2) is 7.19. The second-order valence-corrected chi connectivity index (χ2v) is 4.21. The fourth-order valence-corrected chi connectivity index (χ4v) is 1.86. The van der Waals surface area contributed by atoms with Gasteiger partial charge in [-0.3, -0.25) is 4.79 Å². The Bertz CT molecular complexity index is 617. The molecule has 0 aliphatic carbocycles. The maximum atomic E-state index is 11.8. The van der Waals surface area contributed by atoms with E-state index >= 15 is 0 Å². The van der Waals surface area contributed by atoms with Gasteiger partial charge in [0.05, 0.1) is 27.0 Å². The Kier molecular flexibility index (Phi) is 5.04. The molecular formula is C16H17NO4. The number of carbonyl (C=O) groups is 1. The maximum Gasteiger partial charge on any atom is 0.244 e. The van der Waals surface area contributed by atoms with Gasteiger partial charge >= 0.3 is 0 Å². The molecule has 0 aliphatic heterocycles. The maximum absolute atomic E-state index is 11.8. The smallest absolute Gasteiger partial charge is 0.244 e. The molecule has 0 radical (unpaired) electrons. The van der Waals surface area contributed by atoms with Crippen molar-refractivity contribution in [3.8, 4) is 11.5 Å². The Balaban J connectivity index is 2.01. The molecule has 1 heterocycles. The Labute approximate surface area is 123 Å². The lowest BCUT2D eigenvalue weighted by Crippen LogP contribution is -2.19. The molecule has 0 saturated carbocycles. The average Bonchev–Trinajstić information content (AvgIpc) is 3.03. The molecular weight excluding hydrogens is 270 g/mol. The molecule has 0 bridgehead atoms. The van der Waals surface area contributed by atoms with Crippen LogP contribution >= 0.6 is 0 Å². The monoisotopic (exact) mass is 287 g/mol. The minimum absolute atomic E-state index is 0.212. The van der Waals surface area contributed by atoms with Gasteiger partial charge in [0.2, 0.25) is 5.91 Å². The summed E-state index contributed by atoms with van der Waals surface area (Å²) in [5, 5.41) is 2.73. The first-order valence-electron chi connectivity index (χ1n) is 6.44. The molecule has 1 aromatic heterocycles. The third-order valence-electron chi connectivity index (χ3n) is 2.86. The fourth-order valence-electron chi connectivity index (χ4n) is 1.86. The number of nitrogens with one attached hydrogen (secondary N) is 1. The number of para-hydroxylation sites is 1. The van der Waals surface area contributed by atoms with E-state index in [0.717, 1.165) is 5.56 Å². The summed E-state index contributed by atoms with van der Waals surface area (Å²) in [5.41, 5.74) is 0.769. The number of ether oxygens (including phenoxy) is 2. The Morgan fingerprint density at radius 1 is 1.24 bits per heavy atom. The summed E-state index contributed by atoms with van der Waals surface area (Å²) in [7, 11) is 3.13. The highest BCUT2D eigenvalue weighted by atomic mass is 16.5. The molecule has 1 aromatic carbocycles. The zero-order valence-electron chi connectivity index (χ0n) is 12.0. The van der Waals surface area contributed by atoms with Crippen molar-refractivity contribution in [1.29, 1.82) is 0 Å². The van der Waals surface area contributed by atoms with E-state index < -0.39 is 0 Å². The van der Waals surface area contributed by atoms with Crippen LogP contribution in [0.15, 0.2) is 47.1 Å². The predicted octanol–water partition coefficient (Wildman–Crippen LogP) is 2.63. The molecule has 5 heteroatoms. The van der Waals surface area contributed by atoms with E-state index in [1.165, 1.54) is 6.08 Å². The van der Waals surface area contributed by atoms with Gasteiger partial charge in [-0.1, -0.05) is 12.1 Å². The zero-order valence-corrected chi connectivity index (χ0v) is 12.0. The highest BCUT2D eigenvalue weighted by Crippen LogP contribution is 2.31. The number of rotatable bonds is 6. The Morgan fingerprint density at radius 2 is 2.10 bits per heavy atom. The third kappa shape index (κ3) is 3.89. The summed E-state index contributed by atoms with van der Waals surface area (Å²) in [5.74, 6) is 1.71. The molecule has 0 spiro atoms. The average molecular weight is 287 g/mol. The van der Waals surface area contributed by atoms with Gasteiger partial charge in [-0.25, -0.2) is 0 Å². The molecule has 0 fully saturated rings. The van der Waals surface area contributed by atoms with Crippen LogP contribution in [0.2, 0.25) is 0 Å². The van der Waals surface area contributed by atoms with Gasteiger partial charge in [0, 0.05) is 11.6 Å². The quantitative estimate of drug-likeness (QED) is 0.830. The van der Waals surface area contributed by atoms with Crippen LogP contribution in [0.1, 0.15) is 11.3 Å². The standard InChI is InChI=1S/C16H17NO4/c1-19-14-7-3-5-12(16(14)20-2)8-9-15(18)17-11-13-6-4-10-21-13/h3-10H,11H2,1-2H3,(H,17,18)/b9-8+. The van der Waals surface area contributed by atoms with E-state index in [0.29, 0.717) is 23.8 Å². The van der Waals surface area contributed by atoms with E-state index in [2.05, 4.69) is 5.32 Å². The topological polar surface area (TPSA) is 60.7 Å². The van der Waals surface area contributed by atoms with Crippen molar-refractivity contribution in [3.63, 3.8) is 0 Å². The summed E-state index contributed by atoms with van der Waals surface area (Å²) in [6.07, 6.45) is 4.69. The van der Waals surface area contributed by atoms with Gasteiger partial charge in [-0.05, 0) is 24.3 Å². The Hall–Kier alpha value is -2.69. The normalized spacial score (nSPS) is 10.6. The lowest BCUT2D eigenvalue weighted by molar-refractivity contribution is -0.116. The SMILES string of the molecule is COc1cccc(/C=C/C(=O)NCc2ccco2)c1OC. The van der Waals surface area contributed by atoms with Crippen LogP contribution in [0, 0.1) is 0 Å². The van der Waals surface area contributed by atoms with Crippen LogP contribution in [0.3, 0.4) is 0 Å². The number of furan rings is 1.